The molecule has 0 spiro atoms. The second kappa shape index (κ2) is 5.08. The van der Waals surface area contributed by atoms with Crippen molar-refractivity contribution in [1.82, 2.24) is 4.57 Å². The predicted octanol–water partition coefficient (Wildman–Crippen LogP) is 3.41. The third-order valence-electron chi connectivity index (χ3n) is 3.59. The summed E-state index contributed by atoms with van der Waals surface area (Å²) >= 11 is 0. The summed E-state index contributed by atoms with van der Waals surface area (Å²) in [5, 5.41) is 1.10. The molecule has 3 rings (SSSR count). The van der Waals surface area contributed by atoms with Crippen LogP contribution in [-0.4, -0.2) is 17.0 Å². The Hall–Kier alpha value is -1.77. The first-order valence-electron chi connectivity index (χ1n) is 7.03. The van der Waals surface area contributed by atoms with Crippen LogP contribution < -0.4 is 4.74 Å². The number of rotatable bonds is 6. The number of hydrogen-bond donors (Lipinski definition) is 0. The van der Waals surface area contributed by atoms with E-state index in [-0.39, 0.29) is 0 Å². The van der Waals surface area contributed by atoms with E-state index in [0.29, 0.717) is 18.2 Å². The zero-order chi connectivity index (χ0) is 13.2. The van der Waals surface area contributed by atoms with Crippen LogP contribution in [-0.2, 0) is 11.3 Å². The van der Waals surface area contributed by atoms with Crippen molar-refractivity contribution in [2.45, 2.75) is 32.7 Å². The van der Waals surface area contributed by atoms with Crippen molar-refractivity contribution in [2.24, 2.45) is 5.92 Å². The van der Waals surface area contributed by atoms with Gasteiger partial charge in [-0.05, 0) is 37.5 Å². The van der Waals surface area contributed by atoms with Crippen LogP contribution in [0, 0.1) is 5.92 Å². The Labute approximate surface area is 113 Å². The Balaban J connectivity index is 1.87. The number of hydrogen-bond acceptors (Lipinski definition) is 2. The molecule has 1 heterocycles. The van der Waals surface area contributed by atoms with Gasteiger partial charge in [0.25, 0.3) is 0 Å². The van der Waals surface area contributed by atoms with Gasteiger partial charge >= 0.3 is 0 Å². The van der Waals surface area contributed by atoms with E-state index in [1.54, 1.807) is 0 Å². The lowest BCUT2D eigenvalue weighted by atomic mass is 10.2. The quantitative estimate of drug-likeness (QED) is 0.794. The van der Waals surface area contributed by atoms with Crippen LogP contribution >= 0.6 is 0 Å². The number of ether oxygens (including phenoxy) is 1. The maximum atomic E-state index is 11.9. The normalized spacial score (nSPS) is 14.8. The first-order valence-corrected chi connectivity index (χ1v) is 7.03. The molecule has 2 aromatic rings. The number of carbonyl (C=O) groups is 1. The van der Waals surface area contributed by atoms with Crippen LogP contribution in [0.15, 0.2) is 30.5 Å². The second-order valence-corrected chi connectivity index (χ2v) is 5.22. The standard InChI is InChI=1S/C16H19NO2/c1-2-10-19-16-5-3-4-14-13(16)8-9-17(14)11-15(18)12-6-7-12/h3-5,8-9,12H,2,6-7,10-11H2,1H3. The summed E-state index contributed by atoms with van der Waals surface area (Å²) in [6, 6.07) is 8.07. The number of Topliss-reactive ketones (excluding diaryl/α,β-unsaturated/α-hetero) is 1. The van der Waals surface area contributed by atoms with Gasteiger partial charge in [0, 0.05) is 17.5 Å². The molecule has 1 aliphatic carbocycles. The van der Waals surface area contributed by atoms with Gasteiger partial charge in [-0.2, -0.15) is 0 Å². The highest BCUT2D eigenvalue weighted by molar-refractivity contribution is 5.89. The van der Waals surface area contributed by atoms with Gasteiger partial charge < -0.3 is 9.30 Å². The van der Waals surface area contributed by atoms with Crippen molar-refractivity contribution in [3.05, 3.63) is 30.5 Å². The lowest BCUT2D eigenvalue weighted by Gasteiger charge is -2.07. The fraction of sp³-hybridized carbons (Fsp3) is 0.438. The zero-order valence-corrected chi connectivity index (χ0v) is 11.3. The molecule has 1 aromatic heterocycles. The van der Waals surface area contributed by atoms with Crippen molar-refractivity contribution in [2.75, 3.05) is 6.61 Å². The van der Waals surface area contributed by atoms with E-state index in [2.05, 4.69) is 6.92 Å². The summed E-state index contributed by atoms with van der Waals surface area (Å²) in [5.41, 5.74) is 1.09. The molecular formula is C16H19NO2. The topological polar surface area (TPSA) is 31.2 Å². The van der Waals surface area contributed by atoms with Crippen molar-refractivity contribution >= 4 is 16.7 Å². The van der Waals surface area contributed by atoms with Crippen molar-refractivity contribution in [1.29, 1.82) is 0 Å². The molecule has 3 nitrogen and oxygen atoms in total. The van der Waals surface area contributed by atoms with E-state index < -0.39 is 0 Å². The van der Waals surface area contributed by atoms with Gasteiger partial charge in [0.15, 0.2) is 5.78 Å². The zero-order valence-electron chi connectivity index (χ0n) is 11.3. The average Bonchev–Trinajstić information content (AvgIpc) is 3.20. The Morgan fingerprint density at radius 3 is 2.95 bits per heavy atom. The summed E-state index contributed by atoms with van der Waals surface area (Å²) in [4.78, 5) is 11.9. The number of benzene rings is 1. The minimum atomic E-state index is 0.317. The largest absolute Gasteiger partial charge is 0.493 e. The highest BCUT2D eigenvalue weighted by atomic mass is 16.5. The lowest BCUT2D eigenvalue weighted by Crippen LogP contribution is -2.10. The Morgan fingerprint density at radius 1 is 1.37 bits per heavy atom. The van der Waals surface area contributed by atoms with Crippen LogP contribution in [0.1, 0.15) is 26.2 Å². The summed E-state index contributed by atoms with van der Waals surface area (Å²) < 4.78 is 7.78. The van der Waals surface area contributed by atoms with Gasteiger partial charge in [0.1, 0.15) is 5.75 Å². The Morgan fingerprint density at radius 2 is 2.21 bits per heavy atom. The molecule has 100 valence electrons. The monoisotopic (exact) mass is 257 g/mol. The summed E-state index contributed by atoms with van der Waals surface area (Å²) in [6.07, 6.45) is 5.13. The van der Waals surface area contributed by atoms with Crippen LogP contribution in [0.4, 0.5) is 0 Å². The molecule has 1 saturated carbocycles. The summed E-state index contributed by atoms with van der Waals surface area (Å²) in [6.45, 7) is 3.32. The molecule has 0 saturated heterocycles. The van der Waals surface area contributed by atoms with Gasteiger partial charge in [-0.15, -0.1) is 0 Å². The number of fused-ring (bicyclic) bond motifs is 1. The van der Waals surface area contributed by atoms with Crippen molar-refractivity contribution < 1.29 is 9.53 Å². The van der Waals surface area contributed by atoms with E-state index in [9.17, 15) is 4.79 Å². The molecule has 0 radical (unpaired) electrons. The highest BCUT2D eigenvalue weighted by Crippen LogP contribution is 2.32. The minimum absolute atomic E-state index is 0.317. The molecule has 0 aliphatic heterocycles. The minimum Gasteiger partial charge on any atom is -0.493 e. The van der Waals surface area contributed by atoms with Crippen LogP contribution in [0.5, 0.6) is 5.75 Å². The maximum Gasteiger partial charge on any atom is 0.155 e. The second-order valence-electron chi connectivity index (χ2n) is 5.22. The highest BCUT2D eigenvalue weighted by Gasteiger charge is 2.29. The molecule has 1 aromatic carbocycles. The predicted molar refractivity (Wildman–Crippen MR) is 75.5 cm³/mol. The van der Waals surface area contributed by atoms with Crippen LogP contribution in [0.2, 0.25) is 0 Å². The fourth-order valence-electron chi connectivity index (χ4n) is 2.37. The molecule has 0 amide bonds. The third kappa shape index (κ3) is 2.50. The third-order valence-corrected chi connectivity index (χ3v) is 3.59. The lowest BCUT2D eigenvalue weighted by molar-refractivity contribution is -0.120. The van der Waals surface area contributed by atoms with E-state index in [1.165, 1.54) is 0 Å². The number of ketones is 1. The van der Waals surface area contributed by atoms with E-state index in [4.69, 9.17) is 4.74 Å². The molecule has 1 aliphatic rings. The molecular weight excluding hydrogens is 238 g/mol. The number of nitrogens with zero attached hydrogens (tertiary/aromatic N) is 1. The van der Waals surface area contributed by atoms with Crippen molar-refractivity contribution in [3.63, 3.8) is 0 Å². The van der Waals surface area contributed by atoms with Gasteiger partial charge in [0.2, 0.25) is 0 Å². The first kappa shape index (κ1) is 12.3. The average molecular weight is 257 g/mol. The maximum absolute atomic E-state index is 11.9. The van der Waals surface area contributed by atoms with Gasteiger partial charge in [-0.1, -0.05) is 13.0 Å². The first-order chi connectivity index (χ1) is 9.29. The van der Waals surface area contributed by atoms with Gasteiger partial charge in [-0.3, -0.25) is 4.79 Å². The van der Waals surface area contributed by atoms with Crippen LogP contribution in [0.25, 0.3) is 10.9 Å². The molecule has 3 heteroatoms. The van der Waals surface area contributed by atoms with E-state index in [1.807, 2.05) is 35.0 Å². The molecule has 0 unspecified atom stereocenters. The van der Waals surface area contributed by atoms with E-state index in [0.717, 1.165) is 42.5 Å². The Bertz CT molecular complexity index is 596. The fourth-order valence-corrected chi connectivity index (χ4v) is 2.37. The van der Waals surface area contributed by atoms with E-state index >= 15 is 0 Å². The molecule has 1 fully saturated rings. The number of carbonyl (C=O) groups excluding carboxylic acids is 1. The molecule has 0 N–H and O–H groups in total. The molecule has 0 atom stereocenters. The summed E-state index contributed by atoms with van der Waals surface area (Å²) in [7, 11) is 0. The van der Waals surface area contributed by atoms with Gasteiger partial charge in [0.05, 0.1) is 18.7 Å². The van der Waals surface area contributed by atoms with Crippen LogP contribution in [0.3, 0.4) is 0 Å². The van der Waals surface area contributed by atoms with Gasteiger partial charge in [-0.25, -0.2) is 0 Å². The smallest absolute Gasteiger partial charge is 0.155 e. The summed E-state index contributed by atoms with van der Waals surface area (Å²) in [5.74, 6) is 1.59. The Kier molecular flexibility index (Phi) is 3.28. The number of aromatic nitrogens is 1. The molecule has 0 bridgehead atoms. The SMILES string of the molecule is CCCOc1cccc2c1ccn2CC(=O)C1CC1. The molecule has 19 heavy (non-hydrogen) atoms. The van der Waals surface area contributed by atoms with Crippen molar-refractivity contribution in [3.8, 4) is 5.75 Å².